The minimum absolute atomic E-state index is 0.386. The van der Waals surface area contributed by atoms with Gasteiger partial charge in [0.2, 0.25) is 0 Å². The highest BCUT2D eigenvalue weighted by Crippen LogP contribution is 2.36. The van der Waals surface area contributed by atoms with E-state index in [4.69, 9.17) is 0 Å². The van der Waals surface area contributed by atoms with Crippen molar-refractivity contribution in [3.05, 3.63) is 53.6 Å². The molecule has 1 aliphatic carbocycles. The number of benzene rings is 1. The van der Waals surface area contributed by atoms with E-state index in [1.807, 2.05) is 24.7 Å². The lowest BCUT2D eigenvalue weighted by Crippen LogP contribution is -2.34. The third-order valence-electron chi connectivity index (χ3n) is 5.18. The molecule has 0 bridgehead atoms. The molecule has 1 atom stereocenters. The lowest BCUT2D eigenvalue weighted by Gasteiger charge is -2.33. The monoisotopic (exact) mass is 325 g/mol. The van der Waals surface area contributed by atoms with Crippen LogP contribution >= 0.6 is 0 Å². The maximum absolute atomic E-state index is 11.2. The van der Waals surface area contributed by atoms with Gasteiger partial charge in [-0.05, 0) is 55.8 Å². The normalized spacial score (nSPS) is 21.8. The van der Waals surface area contributed by atoms with Crippen LogP contribution in [0.25, 0.3) is 0 Å². The highest BCUT2D eigenvalue weighted by molar-refractivity contribution is 5.87. The van der Waals surface area contributed by atoms with Gasteiger partial charge < -0.3 is 9.67 Å². The molecule has 2 heterocycles. The van der Waals surface area contributed by atoms with E-state index < -0.39 is 5.97 Å². The number of rotatable bonds is 5. The largest absolute Gasteiger partial charge is 0.478 e. The van der Waals surface area contributed by atoms with Gasteiger partial charge in [0.15, 0.2) is 0 Å². The molecule has 0 radical (unpaired) electrons. The predicted octanol–water partition coefficient (Wildman–Crippen LogP) is 3.30. The Bertz CT molecular complexity index is 736. The molecule has 24 heavy (non-hydrogen) atoms. The number of carbonyl (C=O) groups is 1. The first-order valence-corrected chi connectivity index (χ1v) is 8.77. The zero-order chi connectivity index (χ0) is 16.5. The van der Waals surface area contributed by atoms with Crippen LogP contribution < -0.4 is 0 Å². The number of carboxylic acids is 1. The maximum atomic E-state index is 11.2. The molecule has 1 aromatic heterocycles. The summed E-state index contributed by atoms with van der Waals surface area (Å²) in [5, 5.41) is 9.20. The Labute approximate surface area is 141 Å². The maximum Gasteiger partial charge on any atom is 0.335 e. The number of aromatic nitrogens is 2. The molecule has 126 valence electrons. The van der Waals surface area contributed by atoms with E-state index in [1.54, 1.807) is 6.07 Å². The van der Waals surface area contributed by atoms with Crippen LogP contribution in [0.4, 0.5) is 0 Å². The van der Waals surface area contributed by atoms with Gasteiger partial charge in [0.05, 0.1) is 17.6 Å². The molecule has 2 aliphatic rings. The quantitative estimate of drug-likeness (QED) is 0.916. The molecule has 0 amide bonds. The average molecular weight is 325 g/mol. The SMILES string of the molecule is O=C(O)c1cccc([C@H]2CCCN(Cc3cncn3C3CC3)C2)c1. The Kier molecular flexibility index (Phi) is 4.10. The summed E-state index contributed by atoms with van der Waals surface area (Å²) >= 11 is 0. The van der Waals surface area contributed by atoms with Crippen LogP contribution in [0.15, 0.2) is 36.8 Å². The molecule has 0 unspecified atom stereocenters. The Morgan fingerprint density at radius 2 is 2.17 bits per heavy atom. The van der Waals surface area contributed by atoms with E-state index in [-0.39, 0.29) is 0 Å². The third kappa shape index (κ3) is 3.22. The fraction of sp³-hybridized carbons (Fsp3) is 0.474. The number of nitrogens with zero attached hydrogens (tertiary/aromatic N) is 3. The van der Waals surface area contributed by atoms with Gasteiger partial charge in [-0.15, -0.1) is 0 Å². The first kappa shape index (κ1) is 15.4. The van der Waals surface area contributed by atoms with Gasteiger partial charge in [0.1, 0.15) is 0 Å². The minimum atomic E-state index is -0.849. The number of imidazole rings is 1. The minimum Gasteiger partial charge on any atom is -0.478 e. The Balaban J connectivity index is 1.46. The lowest BCUT2D eigenvalue weighted by atomic mass is 9.89. The summed E-state index contributed by atoms with van der Waals surface area (Å²) < 4.78 is 2.33. The van der Waals surface area contributed by atoms with Crippen LogP contribution in [0.1, 0.15) is 59.3 Å². The molecule has 2 aromatic rings. The van der Waals surface area contributed by atoms with E-state index in [9.17, 15) is 9.90 Å². The van der Waals surface area contributed by atoms with Gasteiger partial charge in [-0.1, -0.05) is 12.1 Å². The summed E-state index contributed by atoms with van der Waals surface area (Å²) in [6.07, 6.45) is 8.78. The fourth-order valence-corrected chi connectivity index (χ4v) is 3.76. The lowest BCUT2D eigenvalue weighted by molar-refractivity contribution is 0.0696. The van der Waals surface area contributed by atoms with Crippen molar-refractivity contribution in [2.24, 2.45) is 0 Å². The second-order valence-corrected chi connectivity index (χ2v) is 7.03. The van der Waals surface area contributed by atoms with Crippen molar-refractivity contribution in [1.82, 2.24) is 14.5 Å². The van der Waals surface area contributed by atoms with Crippen LogP contribution in [0.5, 0.6) is 0 Å². The number of likely N-dealkylation sites (tertiary alicyclic amines) is 1. The zero-order valence-corrected chi connectivity index (χ0v) is 13.8. The Hall–Kier alpha value is -2.14. The Morgan fingerprint density at radius 3 is 2.96 bits per heavy atom. The third-order valence-corrected chi connectivity index (χ3v) is 5.18. The number of hydrogen-bond acceptors (Lipinski definition) is 3. The van der Waals surface area contributed by atoms with Crippen molar-refractivity contribution in [2.75, 3.05) is 13.1 Å². The summed E-state index contributed by atoms with van der Waals surface area (Å²) in [7, 11) is 0. The van der Waals surface area contributed by atoms with E-state index in [1.165, 1.54) is 18.5 Å². The Morgan fingerprint density at radius 1 is 1.29 bits per heavy atom. The van der Waals surface area contributed by atoms with Crippen molar-refractivity contribution in [3.8, 4) is 0 Å². The van der Waals surface area contributed by atoms with Crippen LogP contribution in [-0.2, 0) is 6.54 Å². The van der Waals surface area contributed by atoms with Crippen molar-refractivity contribution in [2.45, 2.75) is 44.2 Å². The topological polar surface area (TPSA) is 58.4 Å². The van der Waals surface area contributed by atoms with Crippen molar-refractivity contribution >= 4 is 5.97 Å². The summed E-state index contributed by atoms with van der Waals surface area (Å²) in [4.78, 5) is 18.0. The second-order valence-electron chi connectivity index (χ2n) is 7.03. The van der Waals surface area contributed by atoms with Gasteiger partial charge in [-0.25, -0.2) is 9.78 Å². The highest BCUT2D eigenvalue weighted by atomic mass is 16.4. The standard InChI is InChI=1S/C19H23N3O2/c23-19(24)15-4-1-3-14(9-15)16-5-2-8-21(11-16)12-18-10-20-13-22(18)17-6-7-17/h1,3-4,9-10,13,16-17H,2,5-8,11-12H2,(H,23,24)/t16-/m0/s1. The molecule has 1 aliphatic heterocycles. The van der Waals surface area contributed by atoms with Gasteiger partial charge in [-0.3, -0.25) is 4.90 Å². The first-order chi connectivity index (χ1) is 11.7. The van der Waals surface area contributed by atoms with Crippen LogP contribution in [0, 0.1) is 0 Å². The van der Waals surface area contributed by atoms with Crippen LogP contribution in [-0.4, -0.2) is 38.6 Å². The van der Waals surface area contributed by atoms with Crippen LogP contribution in [0.3, 0.4) is 0 Å². The zero-order valence-electron chi connectivity index (χ0n) is 13.8. The molecule has 1 saturated heterocycles. The summed E-state index contributed by atoms with van der Waals surface area (Å²) in [5.41, 5.74) is 2.84. The smallest absolute Gasteiger partial charge is 0.335 e. The molecule has 2 fully saturated rings. The molecular formula is C19H23N3O2. The van der Waals surface area contributed by atoms with E-state index >= 15 is 0 Å². The average Bonchev–Trinajstić information content (AvgIpc) is 3.35. The summed E-state index contributed by atoms with van der Waals surface area (Å²) in [5.74, 6) is -0.437. The molecule has 0 spiro atoms. The summed E-state index contributed by atoms with van der Waals surface area (Å²) in [6, 6.07) is 8.09. The second kappa shape index (κ2) is 6.40. The summed E-state index contributed by atoms with van der Waals surface area (Å²) in [6.45, 7) is 3.02. The molecule has 5 nitrogen and oxygen atoms in total. The van der Waals surface area contributed by atoms with Gasteiger partial charge in [0.25, 0.3) is 0 Å². The predicted molar refractivity (Wildman–Crippen MR) is 91.2 cm³/mol. The molecule has 4 rings (SSSR count). The van der Waals surface area contributed by atoms with Gasteiger partial charge in [0, 0.05) is 25.3 Å². The van der Waals surface area contributed by atoms with E-state index in [0.717, 1.165) is 38.0 Å². The number of aromatic carboxylic acids is 1. The highest BCUT2D eigenvalue weighted by Gasteiger charge is 2.27. The van der Waals surface area contributed by atoms with E-state index in [2.05, 4.69) is 20.5 Å². The molecule has 1 aromatic carbocycles. The molecular weight excluding hydrogens is 302 g/mol. The number of hydrogen-bond donors (Lipinski definition) is 1. The fourth-order valence-electron chi connectivity index (χ4n) is 3.76. The van der Waals surface area contributed by atoms with Gasteiger partial charge in [-0.2, -0.15) is 0 Å². The van der Waals surface area contributed by atoms with E-state index in [0.29, 0.717) is 17.5 Å². The molecule has 5 heteroatoms. The van der Waals surface area contributed by atoms with Crippen LogP contribution in [0.2, 0.25) is 0 Å². The molecule has 1 saturated carbocycles. The van der Waals surface area contributed by atoms with Crippen molar-refractivity contribution in [1.29, 1.82) is 0 Å². The van der Waals surface area contributed by atoms with Gasteiger partial charge >= 0.3 is 5.97 Å². The van der Waals surface area contributed by atoms with Crippen molar-refractivity contribution in [3.63, 3.8) is 0 Å². The van der Waals surface area contributed by atoms with Crippen molar-refractivity contribution < 1.29 is 9.90 Å². The first-order valence-electron chi connectivity index (χ1n) is 8.77. The molecule has 1 N–H and O–H groups in total. The number of carboxylic acid groups (broad SMARTS) is 1. The number of piperidine rings is 1.